The molecule has 2 N–H and O–H groups in total. The third kappa shape index (κ3) is 4.78. The molecule has 8 heteroatoms. The van der Waals surface area contributed by atoms with Gasteiger partial charge in [0, 0.05) is 5.69 Å². The number of rotatable bonds is 5. The van der Waals surface area contributed by atoms with Crippen LogP contribution in [0.2, 0.25) is 0 Å². The molecule has 3 aromatic carbocycles. The van der Waals surface area contributed by atoms with Crippen molar-refractivity contribution in [3.63, 3.8) is 0 Å². The molecule has 3 aromatic rings. The van der Waals surface area contributed by atoms with Crippen LogP contribution in [0.15, 0.2) is 66.7 Å². The van der Waals surface area contributed by atoms with Crippen LogP contribution in [0.5, 0.6) is 23.0 Å². The summed E-state index contributed by atoms with van der Waals surface area (Å²) < 4.78 is 49.3. The van der Waals surface area contributed by atoms with Crippen molar-refractivity contribution in [2.45, 2.75) is 6.18 Å². The Bertz CT molecular complexity index is 1020. The summed E-state index contributed by atoms with van der Waals surface area (Å²) in [5.74, 6) is -0.161. The highest BCUT2D eigenvalue weighted by Crippen LogP contribution is 2.34. The number of aromatic hydroxyl groups is 1. The van der Waals surface area contributed by atoms with Gasteiger partial charge in [-0.15, -0.1) is 0 Å². The fraction of sp³-hybridized carbons (Fsp3) is 0.0952. The zero-order valence-electron chi connectivity index (χ0n) is 15.2. The molecule has 0 aliphatic carbocycles. The number of anilines is 1. The van der Waals surface area contributed by atoms with Gasteiger partial charge in [-0.25, -0.2) is 0 Å². The van der Waals surface area contributed by atoms with Crippen molar-refractivity contribution < 1.29 is 32.5 Å². The summed E-state index contributed by atoms with van der Waals surface area (Å²) in [6.45, 7) is 0. The minimum absolute atomic E-state index is 0.0413. The van der Waals surface area contributed by atoms with E-state index in [1.807, 2.05) is 0 Å². The number of phenols is 1. The minimum Gasteiger partial charge on any atom is -0.507 e. The molecule has 0 aliphatic heterocycles. The number of hydrogen-bond acceptors (Lipinski definition) is 4. The Morgan fingerprint density at radius 3 is 2.28 bits per heavy atom. The topological polar surface area (TPSA) is 67.8 Å². The number of phenolic OH excluding ortho intramolecular Hbond substituents is 1. The number of carbonyl (C=O) groups excluding carboxylic acids is 1. The van der Waals surface area contributed by atoms with Crippen molar-refractivity contribution >= 4 is 11.6 Å². The van der Waals surface area contributed by atoms with E-state index < -0.39 is 17.6 Å². The SMILES string of the molecule is COc1ccc(Oc2cccc(O)c2C(=O)Nc2cccc(C(F)(F)F)c2)cc1. The van der Waals surface area contributed by atoms with Crippen LogP contribution in [0.1, 0.15) is 15.9 Å². The molecule has 0 spiro atoms. The maximum Gasteiger partial charge on any atom is 0.416 e. The number of alkyl halides is 3. The molecule has 0 radical (unpaired) electrons. The second-order valence-electron chi connectivity index (χ2n) is 5.96. The molecule has 0 unspecified atom stereocenters. The van der Waals surface area contributed by atoms with Crippen molar-refractivity contribution in [3.05, 3.63) is 77.9 Å². The van der Waals surface area contributed by atoms with Gasteiger partial charge in [-0.1, -0.05) is 12.1 Å². The molecule has 0 aromatic heterocycles. The Balaban J connectivity index is 1.87. The molecule has 29 heavy (non-hydrogen) atoms. The molecule has 3 rings (SSSR count). The van der Waals surface area contributed by atoms with Gasteiger partial charge >= 0.3 is 6.18 Å². The van der Waals surface area contributed by atoms with E-state index >= 15 is 0 Å². The normalized spacial score (nSPS) is 11.0. The van der Waals surface area contributed by atoms with Gasteiger partial charge in [0.15, 0.2) is 0 Å². The largest absolute Gasteiger partial charge is 0.507 e. The Hall–Kier alpha value is -3.68. The van der Waals surface area contributed by atoms with Gasteiger partial charge in [0.25, 0.3) is 5.91 Å². The Morgan fingerprint density at radius 1 is 0.966 bits per heavy atom. The summed E-state index contributed by atoms with van der Waals surface area (Å²) in [6, 6.07) is 14.9. The van der Waals surface area contributed by atoms with E-state index in [0.29, 0.717) is 11.5 Å². The summed E-state index contributed by atoms with van der Waals surface area (Å²) in [4.78, 5) is 12.7. The highest BCUT2D eigenvalue weighted by Gasteiger charge is 2.30. The lowest BCUT2D eigenvalue weighted by Gasteiger charge is -2.14. The van der Waals surface area contributed by atoms with Gasteiger partial charge in [0.1, 0.15) is 28.6 Å². The van der Waals surface area contributed by atoms with Crippen LogP contribution in [-0.4, -0.2) is 18.1 Å². The Kier molecular flexibility index (Phi) is 5.63. The third-order valence-electron chi connectivity index (χ3n) is 3.97. The molecule has 0 saturated carbocycles. The van der Waals surface area contributed by atoms with Crippen LogP contribution < -0.4 is 14.8 Å². The minimum atomic E-state index is -4.54. The summed E-state index contributed by atoms with van der Waals surface area (Å²) in [7, 11) is 1.52. The average molecular weight is 403 g/mol. The fourth-order valence-electron chi connectivity index (χ4n) is 2.57. The maximum atomic E-state index is 12.9. The molecule has 0 aliphatic rings. The number of halogens is 3. The van der Waals surface area contributed by atoms with E-state index in [4.69, 9.17) is 9.47 Å². The molecule has 1 amide bonds. The number of nitrogens with one attached hydrogen (secondary N) is 1. The van der Waals surface area contributed by atoms with E-state index in [1.165, 1.54) is 37.4 Å². The Morgan fingerprint density at radius 2 is 1.62 bits per heavy atom. The average Bonchev–Trinajstić information content (AvgIpc) is 2.68. The van der Waals surface area contributed by atoms with Crippen molar-refractivity contribution in [2.24, 2.45) is 0 Å². The van der Waals surface area contributed by atoms with Crippen LogP contribution in [0.4, 0.5) is 18.9 Å². The van der Waals surface area contributed by atoms with E-state index in [9.17, 15) is 23.1 Å². The predicted octanol–water partition coefficient (Wildman–Crippen LogP) is 5.46. The highest BCUT2D eigenvalue weighted by molar-refractivity contribution is 6.08. The van der Waals surface area contributed by atoms with E-state index in [-0.39, 0.29) is 22.7 Å². The van der Waals surface area contributed by atoms with Gasteiger partial charge in [0.2, 0.25) is 0 Å². The lowest BCUT2D eigenvalue weighted by atomic mass is 10.1. The molecule has 0 fully saturated rings. The lowest BCUT2D eigenvalue weighted by Crippen LogP contribution is -2.14. The molecular formula is C21H16F3NO4. The zero-order chi connectivity index (χ0) is 21.0. The third-order valence-corrected chi connectivity index (χ3v) is 3.97. The standard InChI is InChI=1S/C21H16F3NO4/c1-28-15-8-10-16(11-9-15)29-18-7-3-6-17(26)19(18)20(27)25-14-5-2-4-13(12-14)21(22,23)24/h2-12,26H,1H3,(H,25,27). The van der Waals surface area contributed by atoms with Gasteiger partial charge < -0.3 is 19.9 Å². The summed E-state index contributed by atoms with van der Waals surface area (Å²) in [5.41, 5.74) is -1.17. The highest BCUT2D eigenvalue weighted by atomic mass is 19.4. The van der Waals surface area contributed by atoms with E-state index in [2.05, 4.69) is 5.32 Å². The molecule has 0 saturated heterocycles. The maximum absolute atomic E-state index is 12.9. The van der Waals surface area contributed by atoms with Crippen LogP contribution in [-0.2, 0) is 6.18 Å². The number of carbonyl (C=O) groups is 1. The van der Waals surface area contributed by atoms with Gasteiger partial charge in [-0.2, -0.15) is 13.2 Å². The lowest BCUT2D eigenvalue weighted by molar-refractivity contribution is -0.137. The predicted molar refractivity (Wildman–Crippen MR) is 101 cm³/mol. The van der Waals surface area contributed by atoms with Crippen molar-refractivity contribution in [2.75, 3.05) is 12.4 Å². The number of ether oxygens (including phenoxy) is 2. The summed E-state index contributed by atoms with van der Waals surface area (Å²) in [5, 5.41) is 12.5. The molecule has 0 atom stereocenters. The number of hydrogen-bond donors (Lipinski definition) is 2. The number of benzene rings is 3. The van der Waals surface area contributed by atoms with Crippen LogP contribution >= 0.6 is 0 Å². The molecular weight excluding hydrogens is 387 g/mol. The van der Waals surface area contributed by atoms with Crippen molar-refractivity contribution in [1.82, 2.24) is 0 Å². The smallest absolute Gasteiger partial charge is 0.416 e. The van der Waals surface area contributed by atoms with Gasteiger partial charge in [-0.05, 0) is 54.6 Å². The number of amides is 1. The van der Waals surface area contributed by atoms with Gasteiger partial charge in [0.05, 0.1) is 12.7 Å². The monoisotopic (exact) mass is 403 g/mol. The first-order valence-corrected chi connectivity index (χ1v) is 8.40. The fourth-order valence-corrected chi connectivity index (χ4v) is 2.57. The molecule has 5 nitrogen and oxygen atoms in total. The molecule has 0 heterocycles. The zero-order valence-corrected chi connectivity index (χ0v) is 15.2. The van der Waals surface area contributed by atoms with E-state index in [1.54, 1.807) is 24.3 Å². The quantitative estimate of drug-likeness (QED) is 0.593. The Labute approximate surface area is 164 Å². The van der Waals surface area contributed by atoms with Gasteiger partial charge in [-0.3, -0.25) is 4.79 Å². The molecule has 0 bridgehead atoms. The second-order valence-corrected chi connectivity index (χ2v) is 5.96. The van der Waals surface area contributed by atoms with Crippen LogP contribution in [0, 0.1) is 0 Å². The first-order valence-electron chi connectivity index (χ1n) is 8.40. The number of methoxy groups -OCH3 is 1. The first-order chi connectivity index (χ1) is 13.8. The summed E-state index contributed by atoms with van der Waals surface area (Å²) in [6.07, 6.45) is -4.54. The van der Waals surface area contributed by atoms with E-state index in [0.717, 1.165) is 12.1 Å². The first kappa shape index (κ1) is 20.1. The van der Waals surface area contributed by atoms with Crippen molar-refractivity contribution in [1.29, 1.82) is 0 Å². The summed E-state index contributed by atoms with van der Waals surface area (Å²) >= 11 is 0. The van der Waals surface area contributed by atoms with Crippen LogP contribution in [0.3, 0.4) is 0 Å². The molecule has 150 valence electrons. The van der Waals surface area contributed by atoms with Crippen LogP contribution in [0.25, 0.3) is 0 Å². The second kappa shape index (κ2) is 8.14. The van der Waals surface area contributed by atoms with Crippen molar-refractivity contribution in [3.8, 4) is 23.0 Å².